The van der Waals surface area contributed by atoms with E-state index in [2.05, 4.69) is 0 Å². The molecule has 0 atom stereocenters. The first-order chi connectivity index (χ1) is 7.69. The lowest BCUT2D eigenvalue weighted by molar-refractivity contribution is 0.373. The number of fused-ring (bicyclic) bond motifs is 1. The van der Waals surface area contributed by atoms with Crippen molar-refractivity contribution in [2.24, 2.45) is 0 Å². The minimum Gasteiger partial charge on any atom is -0.504 e. The molecule has 2 aromatic carbocycles. The summed E-state index contributed by atoms with van der Waals surface area (Å²) in [6.07, 6.45) is 0. The molecule has 4 nitrogen and oxygen atoms in total. The standard InChI is InChI=1S/C12H12O4/c1-15-11-7-3-6-10(14)12(16-2)8(7)4-5-9(11)13/h3-6,13-14H,1-2H3. The molecule has 0 saturated heterocycles. The quantitative estimate of drug-likeness (QED) is 0.815. The Morgan fingerprint density at radius 1 is 0.750 bits per heavy atom. The number of phenols is 2. The Hall–Kier alpha value is -2.10. The highest BCUT2D eigenvalue weighted by molar-refractivity contribution is 5.96. The zero-order valence-corrected chi connectivity index (χ0v) is 9.02. The monoisotopic (exact) mass is 220 g/mol. The van der Waals surface area contributed by atoms with Gasteiger partial charge in [0.05, 0.1) is 14.2 Å². The Labute approximate surface area is 92.7 Å². The zero-order chi connectivity index (χ0) is 11.7. The van der Waals surface area contributed by atoms with Crippen LogP contribution in [0.3, 0.4) is 0 Å². The molecule has 0 radical (unpaired) electrons. The molecule has 2 rings (SSSR count). The summed E-state index contributed by atoms with van der Waals surface area (Å²) in [5, 5.41) is 20.6. The van der Waals surface area contributed by atoms with Gasteiger partial charge in [0.25, 0.3) is 0 Å². The van der Waals surface area contributed by atoms with Gasteiger partial charge < -0.3 is 19.7 Å². The first-order valence-electron chi connectivity index (χ1n) is 4.74. The summed E-state index contributed by atoms with van der Waals surface area (Å²) in [6, 6.07) is 6.35. The van der Waals surface area contributed by atoms with Crippen molar-refractivity contribution >= 4 is 10.8 Å². The highest BCUT2D eigenvalue weighted by Crippen LogP contribution is 2.41. The van der Waals surface area contributed by atoms with Crippen LogP contribution in [0, 0.1) is 0 Å². The number of hydrogen-bond acceptors (Lipinski definition) is 4. The zero-order valence-electron chi connectivity index (χ0n) is 9.02. The maximum atomic E-state index is 9.61. The summed E-state index contributed by atoms with van der Waals surface area (Å²) in [5.74, 6) is 0.858. The van der Waals surface area contributed by atoms with E-state index in [1.165, 1.54) is 26.4 Å². The van der Waals surface area contributed by atoms with Crippen LogP contribution in [0.5, 0.6) is 23.0 Å². The van der Waals surface area contributed by atoms with E-state index in [1.807, 2.05) is 0 Å². The van der Waals surface area contributed by atoms with Crippen LogP contribution in [-0.2, 0) is 0 Å². The van der Waals surface area contributed by atoms with Gasteiger partial charge in [-0.1, -0.05) is 0 Å². The Balaban J connectivity index is 2.87. The number of ether oxygens (including phenoxy) is 2. The fourth-order valence-electron chi connectivity index (χ4n) is 1.76. The molecule has 0 fully saturated rings. The van der Waals surface area contributed by atoms with Crippen molar-refractivity contribution in [3.8, 4) is 23.0 Å². The summed E-state index contributed by atoms with van der Waals surface area (Å²) in [6.45, 7) is 0. The van der Waals surface area contributed by atoms with Crippen LogP contribution >= 0.6 is 0 Å². The second kappa shape index (κ2) is 3.81. The summed E-state index contributed by atoms with van der Waals surface area (Å²) >= 11 is 0. The molecule has 0 bridgehead atoms. The SMILES string of the molecule is COc1c(O)ccc2c(OC)c(O)ccc12. The van der Waals surface area contributed by atoms with Gasteiger partial charge in [-0.3, -0.25) is 0 Å². The number of hydrogen-bond donors (Lipinski definition) is 2. The van der Waals surface area contributed by atoms with Crippen molar-refractivity contribution in [2.75, 3.05) is 14.2 Å². The van der Waals surface area contributed by atoms with Gasteiger partial charge in [-0.2, -0.15) is 0 Å². The molecule has 0 aliphatic heterocycles. The predicted molar refractivity (Wildman–Crippen MR) is 60.4 cm³/mol. The molecule has 0 saturated carbocycles. The summed E-state index contributed by atoms with van der Waals surface area (Å²) < 4.78 is 10.2. The van der Waals surface area contributed by atoms with Gasteiger partial charge in [-0.25, -0.2) is 0 Å². The van der Waals surface area contributed by atoms with Crippen molar-refractivity contribution in [1.82, 2.24) is 0 Å². The average molecular weight is 220 g/mol. The molecule has 0 aliphatic carbocycles. The fourth-order valence-corrected chi connectivity index (χ4v) is 1.76. The van der Waals surface area contributed by atoms with E-state index in [9.17, 15) is 10.2 Å². The van der Waals surface area contributed by atoms with E-state index in [0.29, 0.717) is 22.3 Å². The lowest BCUT2D eigenvalue weighted by Crippen LogP contribution is -1.89. The molecule has 2 N–H and O–H groups in total. The number of benzene rings is 2. The molecule has 84 valence electrons. The number of phenolic OH excluding ortho intramolecular Hbond substituents is 2. The normalized spacial score (nSPS) is 10.4. The maximum absolute atomic E-state index is 9.61. The minimum atomic E-state index is 0.0581. The lowest BCUT2D eigenvalue weighted by atomic mass is 10.1. The second-order valence-electron chi connectivity index (χ2n) is 3.33. The van der Waals surface area contributed by atoms with Crippen molar-refractivity contribution in [3.63, 3.8) is 0 Å². The van der Waals surface area contributed by atoms with Crippen LogP contribution in [0.15, 0.2) is 24.3 Å². The Morgan fingerprint density at radius 3 is 1.44 bits per heavy atom. The van der Waals surface area contributed by atoms with Gasteiger partial charge in [0.15, 0.2) is 23.0 Å². The van der Waals surface area contributed by atoms with Gasteiger partial charge >= 0.3 is 0 Å². The van der Waals surface area contributed by atoms with E-state index in [0.717, 1.165) is 0 Å². The molecule has 0 aromatic heterocycles. The Kier molecular flexibility index (Phi) is 2.48. The van der Waals surface area contributed by atoms with Gasteiger partial charge in [-0.15, -0.1) is 0 Å². The van der Waals surface area contributed by atoms with E-state index in [1.54, 1.807) is 12.1 Å². The fraction of sp³-hybridized carbons (Fsp3) is 0.167. The molecule has 0 aliphatic rings. The molecule has 16 heavy (non-hydrogen) atoms. The largest absolute Gasteiger partial charge is 0.504 e. The summed E-state index contributed by atoms with van der Waals surface area (Å²) in [7, 11) is 2.96. The smallest absolute Gasteiger partial charge is 0.168 e. The lowest BCUT2D eigenvalue weighted by Gasteiger charge is -2.11. The molecular weight excluding hydrogens is 208 g/mol. The summed E-state index contributed by atoms with van der Waals surface area (Å²) in [5.41, 5.74) is 0. The third kappa shape index (κ3) is 1.39. The van der Waals surface area contributed by atoms with Gasteiger partial charge in [-0.05, 0) is 24.3 Å². The van der Waals surface area contributed by atoms with E-state index >= 15 is 0 Å². The number of rotatable bonds is 2. The van der Waals surface area contributed by atoms with E-state index in [-0.39, 0.29) is 11.5 Å². The maximum Gasteiger partial charge on any atom is 0.168 e. The van der Waals surface area contributed by atoms with Gasteiger partial charge in [0.1, 0.15) is 0 Å². The van der Waals surface area contributed by atoms with Gasteiger partial charge in [0, 0.05) is 10.8 Å². The molecule has 0 amide bonds. The predicted octanol–water partition coefficient (Wildman–Crippen LogP) is 2.27. The van der Waals surface area contributed by atoms with Crippen LogP contribution in [0.4, 0.5) is 0 Å². The highest BCUT2D eigenvalue weighted by atomic mass is 16.5. The second-order valence-corrected chi connectivity index (χ2v) is 3.33. The van der Waals surface area contributed by atoms with Crippen molar-refractivity contribution in [3.05, 3.63) is 24.3 Å². The van der Waals surface area contributed by atoms with Gasteiger partial charge in [0.2, 0.25) is 0 Å². The molecule has 2 aromatic rings. The van der Waals surface area contributed by atoms with Crippen LogP contribution in [0.1, 0.15) is 0 Å². The molecule has 0 spiro atoms. The van der Waals surface area contributed by atoms with E-state index in [4.69, 9.17) is 9.47 Å². The Morgan fingerprint density at radius 2 is 1.12 bits per heavy atom. The number of aromatic hydroxyl groups is 2. The molecule has 4 heteroatoms. The highest BCUT2D eigenvalue weighted by Gasteiger charge is 2.13. The average Bonchev–Trinajstić information content (AvgIpc) is 2.29. The third-order valence-electron chi connectivity index (χ3n) is 2.47. The van der Waals surface area contributed by atoms with Crippen molar-refractivity contribution in [1.29, 1.82) is 0 Å². The molecule has 0 unspecified atom stereocenters. The minimum absolute atomic E-state index is 0.0581. The van der Waals surface area contributed by atoms with Crippen LogP contribution in [0.25, 0.3) is 10.8 Å². The van der Waals surface area contributed by atoms with Crippen molar-refractivity contribution in [2.45, 2.75) is 0 Å². The van der Waals surface area contributed by atoms with Crippen LogP contribution in [-0.4, -0.2) is 24.4 Å². The topological polar surface area (TPSA) is 58.9 Å². The molecular formula is C12H12O4. The third-order valence-corrected chi connectivity index (χ3v) is 2.47. The van der Waals surface area contributed by atoms with Crippen molar-refractivity contribution < 1.29 is 19.7 Å². The van der Waals surface area contributed by atoms with Crippen LogP contribution < -0.4 is 9.47 Å². The number of methoxy groups -OCH3 is 2. The van der Waals surface area contributed by atoms with E-state index < -0.39 is 0 Å². The molecule has 0 heterocycles. The first-order valence-corrected chi connectivity index (χ1v) is 4.74. The first kappa shape index (κ1) is 10.4. The van der Waals surface area contributed by atoms with Crippen LogP contribution in [0.2, 0.25) is 0 Å². The Bertz CT molecular complexity index is 485. The summed E-state index contributed by atoms with van der Waals surface area (Å²) in [4.78, 5) is 0.